The van der Waals surface area contributed by atoms with E-state index in [1.54, 1.807) is 7.11 Å². The number of halogens is 3. The molecule has 0 radical (unpaired) electrons. The number of hydrogen-bond donors (Lipinski definition) is 2. The van der Waals surface area contributed by atoms with Gasteiger partial charge in [0.25, 0.3) is 0 Å². The van der Waals surface area contributed by atoms with Crippen LogP contribution in [0, 0.1) is 11.6 Å². The molecule has 4 nitrogen and oxygen atoms in total. The van der Waals surface area contributed by atoms with E-state index < -0.39 is 11.6 Å². The first-order valence-corrected chi connectivity index (χ1v) is 5.59. The van der Waals surface area contributed by atoms with Crippen LogP contribution < -0.4 is 11.1 Å². The minimum atomic E-state index is -0.577. The number of ether oxygens (including phenoxy) is 1. The van der Waals surface area contributed by atoms with Crippen LogP contribution in [0.15, 0.2) is 23.2 Å². The molecule has 0 unspecified atom stereocenters. The number of nitrogens with one attached hydrogen (secondary N) is 1. The van der Waals surface area contributed by atoms with Gasteiger partial charge < -0.3 is 15.8 Å². The van der Waals surface area contributed by atoms with Crippen molar-refractivity contribution in [1.29, 1.82) is 0 Å². The van der Waals surface area contributed by atoms with Gasteiger partial charge in [-0.2, -0.15) is 0 Å². The average Bonchev–Trinajstić information content (AvgIpc) is 2.28. The molecule has 1 rings (SSSR count). The Bertz CT molecular complexity index is 396. The number of nitrogens with two attached hydrogens (primary N) is 1. The van der Waals surface area contributed by atoms with E-state index in [1.807, 2.05) is 0 Å². The van der Waals surface area contributed by atoms with Crippen LogP contribution in [-0.2, 0) is 11.2 Å². The van der Waals surface area contributed by atoms with Crippen molar-refractivity contribution in [1.82, 2.24) is 5.32 Å². The minimum Gasteiger partial charge on any atom is -0.383 e. The van der Waals surface area contributed by atoms with E-state index in [9.17, 15) is 8.78 Å². The predicted octanol–water partition coefficient (Wildman–Crippen LogP) is 1.68. The molecule has 0 saturated carbocycles. The first kappa shape index (κ1) is 18.0. The highest BCUT2D eigenvalue weighted by Crippen LogP contribution is 2.07. The third kappa shape index (κ3) is 7.93. The lowest BCUT2D eigenvalue weighted by Gasteiger charge is -2.06. The summed E-state index contributed by atoms with van der Waals surface area (Å²) in [6.07, 6.45) is 0.467. The molecule has 3 N–H and O–H groups in total. The SMILES string of the molecule is COCCN=C(N)NCCc1cc(F)cc(F)c1.I. The van der Waals surface area contributed by atoms with Crippen LogP contribution in [0.2, 0.25) is 0 Å². The number of aliphatic imine (C=N–C) groups is 1. The first-order chi connectivity index (χ1) is 8.61. The molecule has 7 heteroatoms. The van der Waals surface area contributed by atoms with Crippen molar-refractivity contribution in [2.45, 2.75) is 6.42 Å². The Balaban J connectivity index is 0.00000324. The van der Waals surface area contributed by atoms with Crippen molar-refractivity contribution < 1.29 is 13.5 Å². The van der Waals surface area contributed by atoms with Crippen LogP contribution in [0.4, 0.5) is 8.78 Å². The second kappa shape index (κ2) is 9.90. The summed E-state index contributed by atoms with van der Waals surface area (Å²) < 4.78 is 30.6. The third-order valence-electron chi connectivity index (χ3n) is 2.22. The molecule has 0 aliphatic rings. The molecular formula is C12H18F2IN3O. The van der Waals surface area contributed by atoms with Crippen LogP contribution in [0.25, 0.3) is 0 Å². The molecule has 0 heterocycles. The number of rotatable bonds is 6. The number of nitrogens with zero attached hydrogens (tertiary/aromatic N) is 1. The van der Waals surface area contributed by atoms with Crippen molar-refractivity contribution in [3.05, 3.63) is 35.4 Å². The summed E-state index contributed by atoms with van der Waals surface area (Å²) in [5.74, 6) is -0.859. The van der Waals surface area contributed by atoms with E-state index in [1.165, 1.54) is 12.1 Å². The van der Waals surface area contributed by atoms with Gasteiger partial charge in [-0.3, -0.25) is 4.99 Å². The van der Waals surface area contributed by atoms with Gasteiger partial charge in [-0.25, -0.2) is 8.78 Å². The van der Waals surface area contributed by atoms with E-state index in [0.29, 0.717) is 37.6 Å². The summed E-state index contributed by atoms with van der Waals surface area (Å²) in [5.41, 5.74) is 6.15. The van der Waals surface area contributed by atoms with Gasteiger partial charge in [0.2, 0.25) is 0 Å². The zero-order chi connectivity index (χ0) is 13.4. The monoisotopic (exact) mass is 385 g/mol. The molecule has 0 saturated heterocycles. The van der Waals surface area contributed by atoms with Crippen molar-refractivity contribution in [2.75, 3.05) is 26.8 Å². The topological polar surface area (TPSA) is 59.6 Å². The summed E-state index contributed by atoms with van der Waals surface area (Å²) in [7, 11) is 1.58. The molecule has 1 aromatic rings. The van der Waals surface area contributed by atoms with Gasteiger partial charge in [0.1, 0.15) is 11.6 Å². The quantitative estimate of drug-likeness (QED) is 0.339. The van der Waals surface area contributed by atoms with Gasteiger partial charge in [0, 0.05) is 19.7 Å². The van der Waals surface area contributed by atoms with Crippen molar-refractivity contribution in [2.24, 2.45) is 10.7 Å². The van der Waals surface area contributed by atoms with Crippen LogP contribution in [-0.4, -0.2) is 32.8 Å². The fraction of sp³-hybridized carbons (Fsp3) is 0.417. The summed E-state index contributed by atoms with van der Waals surface area (Å²) in [6, 6.07) is 3.43. The number of guanidine groups is 1. The van der Waals surface area contributed by atoms with Gasteiger partial charge in [0.15, 0.2) is 5.96 Å². The summed E-state index contributed by atoms with van der Waals surface area (Å²) in [6.45, 7) is 1.44. The van der Waals surface area contributed by atoms with Crippen LogP contribution in [0.1, 0.15) is 5.56 Å². The van der Waals surface area contributed by atoms with Crippen LogP contribution in [0.3, 0.4) is 0 Å². The maximum absolute atomic E-state index is 12.9. The molecule has 0 fully saturated rings. The van der Waals surface area contributed by atoms with E-state index in [-0.39, 0.29) is 24.0 Å². The Kier molecular flexibility index (Phi) is 9.40. The standard InChI is InChI=1S/C12H17F2N3O.HI/c1-18-5-4-17-12(15)16-3-2-9-6-10(13)8-11(14)7-9;/h6-8H,2-5H2,1H3,(H3,15,16,17);1H. The fourth-order valence-corrected chi connectivity index (χ4v) is 1.40. The van der Waals surface area contributed by atoms with Crippen molar-refractivity contribution in [3.8, 4) is 0 Å². The number of benzene rings is 1. The highest BCUT2D eigenvalue weighted by Gasteiger charge is 2.00. The molecule has 0 atom stereocenters. The van der Waals surface area contributed by atoms with Gasteiger partial charge in [-0.1, -0.05) is 0 Å². The van der Waals surface area contributed by atoms with Crippen LogP contribution in [0.5, 0.6) is 0 Å². The fourth-order valence-electron chi connectivity index (χ4n) is 1.40. The Labute approximate surface area is 128 Å². The number of methoxy groups -OCH3 is 1. The van der Waals surface area contributed by atoms with Gasteiger partial charge in [-0.15, -0.1) is 24.0 Å². The second-order valence-corrected chi connectivity index (χ2v) is 3.71. The highest BCUT2D eigenvalue weighted by molar-refractivity contribution is 14.0. The summed E-state index contributed by atoms with van der Waals surface area (Å²) in [4.78, 5) is 3.99. The molecular weight excluding hydrogens is 367 g/mol. The maximum atomic E-state index is 12.9. The van der Waals surface area contributed by atoms with E-state index in [0.717, 1.165) is 6.07 Å². The molecule has 0 amide bonds. The Morgan fingerprint density at radius 2 is 1.95 bits per heavy atom. The minimum absolute atomic E-state index is 0. The van der Waals surface area contributed by atoms with Gasteiger partial charge >= 0.3 is 0 Å². The highest BCUT2D eigenvalue weighted by atomic mass is 127. The molecule has 0 aliphatic heterocycles. The molecule has 0 aliphatic carbocycles. The van der Waals surface area contributed by atoms with Crippen LogP contribution >= 0.6 is 24.0 Å². The molecule has 0 spiro atoms. The molecule has 0 bridgehead atoms. The van der Waals surface area contributed by atoms with E-state index in [4.69, 9.17) is 10.5 Å². The third-order valence-corrected chi connectivity index (χ3v) is 2.22. The normalized spacial score (nSPS) is 11.0. The molecule has 0 aromatic heterocycles. The summed E-state index contributed by atoms with van der Waals surface area (Å²) in [5, 5.41) is 2.86. The Morgan fingerprint density at radius 3 is 2.53 bits per heavy atom. The molecule has 19 heavy (non-hydrogen) atoms. The lowest BCUT2D eigenvalue weighted by Crippen LogP contribution is -2.33. The van der Waals surface area contributed by atoms with Gasteiger partial charge in [-0.05, 0) is 24.1 Å². The number of hydrogen-bond acceptors (Lipinski definition) is 2. The lowest BCUT2D eigenvalue weighted by atomic mass is 10.1. The summed E-state index contributed by atoms with van der Waals surface area (Å²) >= 11 is 0. The van der Waals surface area contributed by atoms with Crippen molar-refractivity contribution >= 4 is 29.9 Å². The smallest absolute Gasteiger partial charge is 0.188 e. The second-order valence-electron chi connectivity index (χ2n) is 3.71. The zero-order valence-electron chi connectivity index (χ0n) is 10.7. The predicted molar refractivity (Wildman–Crippen MR) is 81.8 cm³/mol. The molecule has 1 aromatic carbocycles. The van der Waals surface area contributed by atoms with E-state index >= 15 is 0 Å². The molecule has 108 valence electrons. The Hall–Kier alpha value is -0.960. The lowest BCUT2D eigenvalue weighted by molar-refractivity contribution is 0.208. The first-order valence-electron chi connectivity index (χ1n) is 5.59. The maximum Gasteiger partial charge on any atom is 0.188 e. The van der Waals surface area contributed by atoms with E-state index in [2.05, 4.69) is 10.3 Å². The van der Waals surface area contributed by atoms with Crippen molar-refractivity contribution in [3.63, 3.8) is 0 Å². The zero-order valence-corrected chi connectivity index (χ0v) is 13.0. The largest absolute Gasteiger partial charge is 0.383 e. The Morgan fingerprint density at radius 1 is 1.32 bits per heavy atom. The van der Waals surface area contributed by atoms with Gasteiger partial charge in [0.05, 0.1) is 13.2 Å². The average molecular weight is 385 g/mol.